The van der Waals surface area contributed by atoms with Gasteiger partial charge in [0.2, 0.25) is 5.91 Å². The van der Waals surface area contributed by atoms with Crippen LogP contribution in [0.1, 0.15) is 50.4 Å². The van der Waals surface area contributed by atoms with Crippen molar-refractivity contribution in [1.82, 2.24) is 10.6 Å². The van der Waals surface area contributed by atoms with E-state index in [1.807, 2.05) is 6.07 Å². The van der Waals surface area contributed by atoms with Crippen molar-refractivity contribution in [3.63, 3.8) is 0 Å². The van der Waals surface area contributed by atoms with Gasteiger partial charge in [-0.15, -0.1) is 11.3 Å². The fourth-order valence-corrected chi connectivity index (χ4v) is 3.48. The number of nitrogens with one attached hydrogen (secondary N) is 2. The second-order valence-electron chi connectivity index (χ2n) is 4.92. The fraction of sp³-hybridized carbons (Fsp3) is 0.643. The Bertz CT molecular complexity index is 383. The molecular formula is C14H22N2OS. The first-order valence-electron chi connectivity index (χ1n) is 6.81. The lowest BCUT2D eigenvalue weighted by Gasteiger charge is -2.29. The molecule has 0 saturated carbocycles. The lowest BCUT2D eigenvalue weighted by molar-refractivity contribution is -0.128. The highest BCUT2D eigenvalue weighted by atomic mass is 32.1. The molecule has 1 aliphatic heterocycles. The van der Waals surface area contributed by atoms with Gasteiger partial charge in [-0.25, -0.2) is 0 Å². The minimum absolute atomic E-state index is 0.156. The van der Waals surface area contributed by atoms with Crippen molar-refractivity contribution in [3.05, 3.63) is 22.4 Å². The molecule has 1 aliphatic rings. The summed E-state index contributed by atoms with van der Waals surface area (Å²) in [7, 11) is 0. The molecule has 1 saturated heterocycles. The molecule has 1 fully saturated rings. The maximum atomic E-state index is 12.5. The maximum Gasteiger partial charge on any atom is 0.240 e. The Balaban J connectivity index is 2.05. The fourth-order valence-electron chi connectivity index (χ4n) is 2.62. The van der Waals surface area contributed by atoms with Crippen LogP contribution in [-0.2, 0) is 4.79 Å². The third-order valence-electron chi connectivity index (χ3n) is 3.88. The number of carbonyl (C=O) groups excluding carboxylic acids is 1. The maximum absolute atomic E-state index is 12.5. The van der Waals surface area contributed by atoms with Gasteiger partial charge in [-0.2, -0.15) is 0 Å². The Morgan fingerprint density at radius 1 is 1.61 bits per heavy atom. The molecule has 2 rings (SSSR count). The summed E-state index contributed by atoms with van der Waals surface area (Å²) in [5.74, 6) is 0.169. The molecule has 2 N–H and O–H groups in total. The topological polar surface area (TPSA) is 41.1 Å². The highest BCUT2D eigenvalue weighted by molar-refractivity contribution is 7.10. The van der Waals surface area contributed by atoms with Crippen molar-refractivity contribution < 1.29 is 4.79 Å². The largest absolute Gasteiger partial charge is 0.347 e. The molecule has 18 heavy (non-hydrogen) atoms. The van der Waals surface area contributed by atoms with E-state index in [1.54, 1.807) is 11.3 Å². The van der Waals surface area contributed by atoms with Crippen LogP contribution >= 0.6 is 11.3 Å². The van der Waals surface area contributed by atoms with Gasteiger partial charge >= 0.3 is 0 Å². The predicted octanol–water partition coefficient (Wildman–Crippen LogP) is 2.85. The van der Waals surface area contributed by atoms with Crippen LogP contribution in [0.4, 0.5) is 0 Å². The number of thiophene rings is 1. The molecule has 3 nitrogen and oxygen atoms in total. The SMILES string of the molecule is CCC(NC(=O)C1(CC)CCCN1)c1cccs1. The Morgan fingerprint density at radius 2 is 2.44 bits per heavy atom. The van der Waals surface area contributed by atoms with Crippen LogP contribution in [-0.4, -0.2) is 18.0 Å². The quantitative estimate of drug-likeness (QED) is 0.860. The van der Waals surface area contributed by atoms with Gasteiger partial charge in [-0.3, -0.25) is 4.79 Å². The molecule has 0 radical (unpaired) electrons. The van der Waals surface area contributed by atoms with Crippen LogP contribution in [0.2, 0.25) is 0 Å². The third kappa shape index (κ3) is 2.59. The summed E-state index contributed by atoms with van der Waals surface area (Å²) >= 11 is 1.71. The molecule has 0 bridgehead atoms. The van der Waals surface area contributed by atoms with Gasteiger partial charge in [0.25, 0.3) is 0 Å². The van der Waals surface area contributed by atoms with Crippen molar-refractivity contribution >= 4 is 17.2 Å². The Labute approximate surface area is 113 Å². The lowest BCUT2D eigenvalue weighted by atomic mass is 9.92. The molecule has 2 heterocycles. The van der Waals surface area contributed by atoms with Crippen molar-refractivity contribution in [1.29, 1.82) is 0 Å². The first-order chi connectivity index (χ1) is 8.72. The normalized spacial score (nSPS) is 25.0. The van der Waals surface area contributed by atoms with E-state index < -0.39 is 0 Å². The van der Waals surface area contributed by atoms with E-state index in [0.717, 1.165) is 32.2 Å². The van der Waals surface area contributed by atoms with Gasteiger partial charge < -0.3 is 10.6 Å². The summed E-state index contributed by atoms with van der Waals surface area (Å²) in [5.41, 5.74) is -0.329. The molecule has 4 heteroatoms. The van der Waals surface area contributed by atoms with E-state index in [0.29, 0.717) is 0 Å². The summed E-state index contributed by atoms with van der Waals surface area (Å²) in [4.78, 5) is 13.7. The summed E-state index contributed by atoms with van der Waals surface area (Å²) in [6.45, 7) is 5.16. The standard InChI is InChI=1S/C14H22N2OS/c1-3-11(12-7-5-10-18-12)16-13(17)14(4-2)8-6-9-15-14/h5,7,10-11,15H,3-4,6,8-9H2,1-2H3,(H,16,17). The number of carbonyl (C=O) groups is 1. The van der Waals surface area contributed by atoms with Gasteiger partial charge in [0, 0.05) is 4.88 Å². The Hall–Kier alpha value is -0.870. The van der Waals surface area contributed by atoms with Crippen LogP contribution in [0.5, 0.6) is 0 Å². The van der Waals surface area contributed by atoms with E-state index in [1.165, 1.54) is 4.88 Å². The van der Waals surface area contributed by atoms with Crippen LogP contribution in [0, 0.1) is 0 Å². The third-order valence-corrected chi connectivity index (χ3v) is 4.87. The summed E-state index contributed by atoms with van der Waals surface area (Å²) in [5, 5.41) is 8.66. The molecule has 1 aromatic heterocycles. The molecule has 0 aromatic carbocycles. The van der Waals surface area contributed by atoms with E-state index >= 15 is 0 Å². The average molecular weight is 266 g/mol. The molecule has 2 atom stereocenters. The van der Waals surface area contributed by atoms with Crippen molar-refractivity contribution in [2.75, 3.05) is 6.54 Å². The van der Waals surface area contributed by atoms with Gasteiger partial charge in [0.15, 0.2) is 0 Å². The Morgan fingerprint density at radius 3 is 2.94 bits per heavy atom. The summed E-state index contributed by atoms with van der Waals surface area (Å²) in [6.07, 6.45) is 3.85. The smallest absolute Gasteiger partial charge is 0.240 e. The number of hydrogen-bond acceptors (Lipinski definition) is 3. The van der Waals surface area contributed by atoms with Crippen molar-refractivity contribution in [3.8, 4) is 0 Å². The van der Waals surface area contributed by atoms with Crippen LogP contribution < -0.4 is 10.6 Å². The molecule has 1 aromatic rings. The van der Waals surface area contributed by atoms with E-state index in [4.69, 9.17) is 0 Å². The van der Waals surface area contributed by atoms with Gasteiger partial charge in [-0.1, -0.05) is 19.9 Å². The molecular weight excluding hydrogens is 244 g/mol. The van der Waals surface area contributed by atoms with E-state index in [9.17, 15) is 4.79 Å². The van der Waals surface area contributed by atoms with Crippen molar-refractivity contribution in [2.45, 2.75) is 51.1 Å². The van der Waals surface area contributed by atoms with E-state index in [-0.39, 0.29) is 17.5 Å². The lowest BCUT2D eigenvalue weighted by Crippen LogP contribution is -2.53. The Kier molecular flexibility index (Phi) is 4.40. The first-order valence-corrected chi connectivity index (χ1v) is 7.69. The zero-order valence-electron chi connectivity index (χ0n) is 11.2. The minimum Gasteiger partial charge on any atom is -0.347 e. The van der Waals surface area contributed by atoms with Gasteiger partial charge in [0.05, 0.1) is 11.6 Å². The molecule has 1 amide bonds. The molecule has 2 unspecified atom stereocenters. The second-order valence-corrected chi connectivity index (χ2v) is 5.89. The first kappa shape index (κ1) is 13.6. The summed E-state index contributed by atoms with van der Waals surface area (Å²) in [6, 6.07) is 4.29. The highest BCUT2D eigenvalue weighted by Crippen LogP contribution is 2.27. The van der Waals surface area contributed by atoms with Gasteiger partial charge in [0.1, 0.15) is 0 Å². The van der Waals surface area contributed by atoms with Crippen LogP contribution in [0.15, 0.2) is 17.5 Å². The molecule has 0 spiro atoms. The monoisotopic (exact) mass is 266 g/mol. The van der Waals surface area contributed by atoms with Gasteiger partial charge in [-0.05, 0) is 43.7 Å². The zero-order chi connectivity index (χ0) is 13.0. The molecule has 0 aliphatic carbocycles. The molecule has 100 valence electrons. The van der Waals surface area contributed by atoms with E-state index in [2.05, 4.69) is 35.9 Å². The highest BCUT2D eigenvalue weighted by Gasteiger charge is 2.39. The number of amides is 1. The predicted molar refractivity (Wildman–Crippen MR) is 75.8 cm³/mol. The second kappa shape index (κ2) is 5.85. The van der Waals surface area contributed by atoms with Crippen molar-refractivity contribution in [2.24, 2.45) is 0 Å². The summed E-state index contributed by atoms with van der Waals surface area (Å²) < 4.78 is 0. The zero-order valence-corrected chi connectivity index (χ0v) is 12.0. The van der Waals surface area contributed by atoms with Crippen LogP contribution in [0.3, 0.4) is 0 Å². The minimum atomic E-state index is -0.329. The average Bonchev–Trinajstić information content (AvgIpc) is 3.06. The number of rotatable bonds is 5. The number of hydrogen-bond donors (Lipinski definition) is 2. The van der Waals surface area contributed by atoms with Crippen LogP contribution in [0.25, 0.3) is 0 Å².